The van der Waals surface area contributed by atoms with Gasteiger partial charge in [-0.15, -0.1) is 0 Å². The average molecular weight is 608 g/mol. The summed E-state index contributed by atoms with van der Waals surface area (Å²) in [5, 5.41) is 2.24. The van der Waals surface area contributed by atoms with Crippen molar-refractivity contribution in [1.82, 2.24) is 5.32 Å². The molecule has 0 bridgehead atoms. The molecule has 1 aliphatic heterocycles. The first-order valence-corrected chi connectivity index (χ1v) is 13.5. The number of halogens is 1. The molecule has 0 radical (unpaired) electrons. The van der Waals surface area contributed by atoms with Gasteiger partial charge in [0.2, 0.25) is 0 Å². The van der Waals surface area contributed by atoms with Crippen molar-refractivity contribution < 1.29 is 28.6 Å². The number of amides is 4. The highest BCUT2D eigenvalue weighted by atomic mass is 79.9. The van der Waals surface area contributed by atoms with E-state index < -0.39 is 17.8 Å². The number of hydrogen-bond acceptors (Lipinski definition) is 6. The summed E-state index contributed by atoms with van der Waals surface area (Å²) in [6, 6.07) is 17.4. The maximum absolute atomic E-state index is 13.2. The Hall–Kier alpha value is -4.11. The minimum Gasteiger partial charge on any atom is -0.493 e. The van der Waals surface area contributed by atoms with E-state index in [0.717, 1.165) is 16.2 Å². The average Bonchev–Trinajstić information content (AvgIpc) is 2.89. The van der Waals surface area contributed by atoms with Gasteiger partial charge < -0.3 is 14.2 Å². The lowest BCUT2D eigenvalue weighted by Gasteiger charge is -2.26. The summed E-state index contributed by atoms with van der Waals surface area (Å²) in [6.45, 7) is 8.89. The highest BCUT2D eigenvalue weighted by molar-refractivity contribution is 9.10. The minimum absolute atomic E-state index is 0.0679. The van der Waals surface area contributed by atoms with E-state index in [4.69, 9.17) is 14.2 Å². The van der Waals surface area contributed by atoms with Crippen molar-refractivity contribution in [2.45, 2.75) is 33.1 Å². The van der Waals surface area contributed by atoms with Gasteiger partial charge in [0.25, 0.3) is 11.8 Å². The Labute approximate surface area is 242 Å². The van der Waals surface area contributed by atoms with Crippen LogP contribution in [0.15, 0.2) is 70.7 Å². The molecule has 8 nitrogen and oxygen atoms in total. The van der Waals surface area contributed by atoms with Gasteiger partial charge in [-0.3, -0.25) is 14.9 Å². The summed E-state index contributed by atoms with van der Waals surface area (Å²) in [7, 11) is 1.50. The number of benzene rings is 3. The SMILES string of the molecule is COc1cc(/C=C2\C(=O)NC(=O)N(c3cccc(C)c3)C2=O)cc(Br)c1OCCOc1ccc(C(C)(C)C)cc1. The monoisotopic (exact) mass is 606 g/mol. The van der Waals surface area contributed by atoms with Crippen LogP contribution in [-0.2, 0) is 15.0 Å². The molecular weight excluding hydrogens is 576 g/mol. The van der Waals surface area contributed by atoms with Gasteiger partial charge >= 0.3 is 6.03 Å². The first-order chi connectivity index (χ1) is 19.0. The van der Waals surface area contributed by atoms with E-state index in [9.17, 15) is 14.4 Å². The molecule has 4 rings (SSSR count). The minimum atomic E-state index is -0.798. The third-order valence-electron chi connectivity index (χ3n) is 6.24. The van der Waals surface area contributed by atoms with Gasteiger partial charge in [0.1, 0.15) is 24.5 Å². The molecule has 0 aromatic heterocycles. The van der Waals surface area contributed by atoms with Crippen LogP contribution >= 0.6 is 15.9 Å². The van der Waals surface area contributed by atoms with Gasteiger partial charge in [0.05, 0.1) is 17.3 Å². The zero-order valence-corrected chi connectivity index (χ0v) is 24.6. The molecule has 1 fully saturated rings. The van der Waals surface area contributed by atoms with Gasteiger partial charge in [0.15, 0.2) is 11.5 Å². The van der Waals surface area contributed by atoms with Crippen molar-refractivity contribution >= 4 is 45.5 Å². The lowest BCUT2D eigenvalue weighted by molar-refractivity contribution is -0.122. The van der Waals surface area contributed by atoms with Gasteiger partial charge in [0, 0.05) is 0 Å². The quantitative estimate of drug-likeness (QED) is 0.187. The van der Waals surface area contributed by atoms with Crippen LogP contribution < -0.4 is 24.4 Å². The molecule has 208 valence electrons. The maximum atomic E-state index is 13.2. The molecule has 0 unspecified atom stereocenters. The summed E-state index contributed by atoms with van der Waals surface area (Å²) in [4.78, 5) is 39.3. The third-order valence-corrected chi connectivity index (χ3v) is 6.83. The number of aryl methyl sites for hydroxylation is 1. The fourth-order valence-corrected chi connectivity index (χ4v) is 4.72. The number of barbiturate groups is 1. The first kappa shape index (κ1) is 28.9. The number of ether oxygens (including phenoxy) is 3. The molecule has 3 aromatic carbocycles. The number of rotatable bonds is 8. The van der Waals surface area contributed by atoms with Crippen LogP contribution in [0.3, 0.4) is 0 Å². The molecule has 4 amide bonds. The number of urea groups is 1. The third kappa shape index (κ3) is 6.54. The molecule has 1 saturated heterocycles. The van der Waals surface area contributed by atoms with E-state index in [1.807, 2.05) is 25.1 Å². The zero-order chi connectivity index (χ0) is 29.0. The fourth-order valence-electron chi connectivity index (χ4n) is 4.14. The van der Waals surface area contributed by atoms with Crippen LogP contribution in [0.4, 0.5) is 10.5 Å². The number of carbonyl (C=O) groups excluding carboxylic acids is 3. The Kier molecular flexibility index (Phi) is 8.64. The predicted molar refractivity (Wildman–Crippen MR) is 157 cm³/mol. The van der Waals surface area contributed by atoms with Crippen molar-refractivity contribution in [3.63, 3.8) is 0 Å². The number of hydrogen-bond donors (Lipinski definition) is 1. The van der Waals surface area contributed by atoms with E-state index in [1.165, 1.54) is 18.7 Å². The van der Waals surface area contributed by atoms with E-state index in [-0.39, 0.29) is 17.6 Å². The molecule has 0 atom stereocenters. The van der Waals surface area contributed by atoms with Crippen molar-refractivity contribution in [2.75, 3.05) is 25.2 Å². The Morgan fingerprint density at radius 3 is 2.30 bits per heavy atom. The second-order valence-electron chi connectivity index (χ2n) is 10.3. The van der Waals surface area contributed by atoms with Crippen LogP contribution in [0.25, 0.3) is 6.08 Å². The van der Waals surface area contributed by atoms with Crippen molar-refractivity contribution in [3.05, 3.63) is 87.4 Å². The molecule has 1 N–H and O–H groups in total. The van der Waals surface area contributed by atoms with Gasteiger partial charge in [-0.2, -0.15) is 0 Å². The number of methoxy groups -OCH3 is 1. The van der Waals surface area contributed by atoms with Crippen LogP contribution in [0, 0.1) is 6.92 Å². The summed E-state index contributed by atoms with van der Waals surface area (Å²) in [5.41, 5.74) is 2.85. The van der Waals surface area contributed by atoms with Crippen LogP contribution in [0.1, 0.15) is 37.5 Å². The van der Waals surface area contributed by atoms with E-state index in [1.54, 1.807) is 30.3 Å². The molecule has 1 heterocycles. The second-order valence-corrected chi connectivity index (χ2v) is 11.2. The summed E-state index contributed by atoms with van der Waals surface area (Å²) >= 11 is 3.50. The number of imide groups is 2. The highest BCUT2D eigenvalue weighted by Gasteiger charge is 2.37. The zero-order valence-electron chi connectivity index (χ0n) is 23.0. The molecule has 3 aromatic rings. The fraction of sp³-hybridized carbons (Fsp3) is 0.258. The van der Waals surface area contributed by atoms with Gasteiger partial charge in [-0.05, 0) is 87.4 Å². The Balaban J connectivity index is 1.48. The molecule has 0 spiro atoms. The second kappa shape index (κ2) is 12.0. The number of anilines is 1. The Morgan fingerprint density at radius 2 is 1.65 bits per heavy atom. The molecule has 1 aliphatic rings. The van der Waals surface area contributed by atoms with E-state index >= 15 is 0 Å². The summed E-state index contributed by atoms with van der Waals surface area (Å²) in [5.74, 6) is 0.0982. The van der Waals surface area contributed by atoms with Crippen molar-refractivity contribution in [3.8, 4) is 17.2 Å². The molecule has 9 heteroatoms. The highest BCUT2D eigenvalue weighted by Crippen LogP contribution is 2.37. The number of carbonyl (C=O) groups is 3. The first-order valence-electron chi connectivity index (χ1n) is 12.7. The Bertz CT molecular complexity index is 1470. The van der Waals surface area contributed by atoms with Gasteiger partial charge in [-0.1, -0.05) is 45.0 Å². The van der Waals surface area contributed by atoms with Gasteiger partial charge in [-0.25, -0.2) is 9.69 Å². The lowest BCUT2D eigenvalue weighted by atomic mass is 9.87. The lowest BCUT2D eigenvalue weighted by Crippen LogP contribution is -2.54. The summed E-state index contributed by atoms with van der Waals surface area (Å²) < 4.78 is 17.8. The van der Waals surface area contributed by atoms with E-state index in [0.29, 0.717) is 33.8 Å². The number of nitrogens with zero attached hydrogens (tertiary/aromatic N) is 1. The number of nitrogens with one attached hydrogen (secondary N) is 1. The van der Waals surface area contributed by atoms with Crippen LogP contribution in [0.2, 0.25) is 0 Å². The standard InChI is InChI=1S/C31H31BrN2O6/c1-19-7-6-8-22(15-19)34-29(36)24(28(35)33-30(34)37)16-20-17-25(32)27(26(18-20)38-5)40-14-13-39-23-11-9-21(10-12-23)31(2,3)4/h6-12,15-18H,13-14H2,1-5H3,(H,33,35,37)/b24-16+. The van der Waals surface area contributed by atoms with Crippen LogP contribution in [-0.4, -0.2) is 38.2 Å². The molecule has 0 saturated carbocycles. The Morgan fingerprint density at radius 1 is 0.950 bits per heavy atom. The summed E-state index contributed by atoms with van der Waals surface area (Å²) in [6.07, 6.45) is 1.41. The van der Waals surface area contributed by atoms with E-state index in [2.05, 4.69) is 54.2 Å². The van der Waals surface area contributed by atoms with Crippen molar-refractivity contribution in [2.24, 2.45) is 0 Å². The topological polar surface area (TPSA) is 94.2 Å². The molecule has 40 heavy (non-hydrogen) atoms. The van der Waals surface area contributed by atoms with Crippen molar-refractivity contribution in [1.29, 1.82) is 0 Å². The van der Waals surface area contributed by atoms with Crippen LogP contribution in [0.5, 0.6) is 17.2 Å². The smallest absolute Gasteiger partial charge is 0.335 e. The normalized spacial score (nSPS) is 14.8. The predicted octanol–water partition coefficient (Wildman–Crippen LogP) is 6.19. The largest absolute Gasteiger partial charge is 0.493 e. The molecular formula is C31H31BrN2O6. The molecule has 0 aliphatic carbocycles. The maximum Gasteiger partial charge on any atom is 0.335 e.